The predicted molar refractivity (Wildman–Crippen MR) is 94.3 cm³/mol. The van der Waals surface area contributed by atoms with Crippen LogP contribution in [0, 0.1) is 5.82 Å². The second-order valence-corrected chi connectivity index (χ2v) is 5.54. The normalized spacial score (nSPS) is 10.7. The van der Waals surface area contributed by atoms with Crippen LogP contribution in [0.2, 0.25) is 0 Å². The summed E-state index contributed by atoms with van der Waals surface area (Å²) in [4.78, 5) is 5.48. The number of methoxy groups -OCH3 is 1. The van der Waals surface area contributed by atoms with Gasteiger partial charge in [0.15, 0.2) is 0 Å². The van der Waals surface area contributed by atoms with E-state index in [1.165, 1.54) is 16.9 Å². The highest BCUT2D eigenvalue weighted by atomic mass is 19.1. The molecule has 2 aromatic carbocycles. The highest BCUT2D eigenvalue weighted by molar-refractivity contribution is 5.66. The Morgan fingerprint density at radius 3 is 2.54 bits per heavy atom. The van der Waals surface area contributed by atoms with Gasteiger partial charge in [-0.15, -0.1) is 15.0 Å². The van der Waals surface area contributed by atoms with Crippen molar-refractivity contribution >= 4 is 0 Å². The molecule has 4 rings (SSSR count). The maximum absolute atomic E-state index is 14.1. The Kier molecular flexibility index (Phi) is 4.10. The molecule has 0 saturated heterocycles. The Hall–Kier alpha value is -3.61. The molecule has 0 aliphatic carbocycles. The number of hydrogen-bond donors (Lipinski definition) is 0. The molecule has 0 atom stereocenters. The SMILES string of the molecule is COc1ccc(-c2cc(F)cc(-n3nnc(-c4ccccn4)n3)c2)cc1. The molecule has 6 nitrogen and oxygen atoms in total. The van der Waals surface area contributed by atoms with E-state index in [4.69, 9.17) is 4.74 Å². The van der Waals surface area contributed by atoms with E-state index >= 15 is 0 Å². The summed E-state index contributed by atoms with van der Waals surface area (Å²) in [5.41, 5.74) is 2.65. The molecular weight excluding hydrogens is 333 g/mol. The molecule has 0 spiro atoms. The van der Waals surface area contributed by atoms with E-state index in [2.05, 4.69) is 20.4 Å². The standard InChI is InChI=1S/C19H14FN5O/c1-26-17-7-5-13(6-8-17)14-10-15(20)12-16(11-14)25-23-19(22-24-25)18-4-2-3-9-21-18/h2-12H,1H3. The first-order chi connectivity index (χ1) is 12.7. The fourth-order valence-electron chi connectivity index (χ4n) is 2.56. The lowest BCUT2D eigenvalue weighted by Crippen LogP contribution is -2.00. The predicted octanol–water partition coefficient (Wildman–Crippen LogP) is 3.54. The van der Waals surface area contributed by atoms with Gasteiger partial charge >= 0.3 is 0 Å². The van der Waals surface area contributed by atoms with E-state index in [0.29, 0.717) is 22.8 Å². The third-order valence-electron chi connectivity index (χ3n) is 3.84. The second kappa shape index (κ2) is 6.72. The van der Waals surface area contributed by atoms with Crippen molar-refractivity contribution in [3.8, 4) is 34.1 Å². The second-order valence-electron chi connectivity index (χ2n) is 5.54. The summed E-state index contributed by atoms with van der Waals surface area (Å²) in [6, 6.07) is 17.4. The van der Waals surface area contributed by atoms with Gasteiger partial charge in [0.05, 0.1) is 12.8 Å². The smallest absolute Gasteiger partial charge is 0.223 e. The van der Waals surface area contributed by atoms with Gasteiger partial charge in [-0.2, -0.15) is 0 Å². The first-order valence-corrected chi connectivity index (χ1v) is 7.90. The maximum atomic E-state index is 14.1. The first kappa shape index (κ1) is 15.9. The summed E-state index contributed by atoms with van der Waals surface area (Å²) in [5, 5.41) is 12.3. The lowest BCUT2D eigenvalue weighted by molar-refractivity contribution is 0.415. The van der Waals surface area contributed by atoms with E-state index in [1.54, 1.807) is 25.4 Å². The van der Waals surface area contributed by atoms with Gasteiger partial charge in [-0.3, -0.25) is 4.98 Å². The molecule has 0 bridgehead atoms. The van der Waals surface area contributed by atoms with Crippen LogP contribution >= 0.6 is 0 Å². The molecule has 7 heteroatoms. The summed E-state index contributed by atoms with van der Waals surface area (Å²) in [6.45, 7) is 0. The first-order valence-electron chi connectivity index (χ1n) is 7.90. The number of benzene rings is 2. The van der Waals surface area contributed by atoms with Crippen LogP contribution in [-0.4, -0.2) is 32.3 Å². The number of hydrogen-bond acceptors (Lipinski definition) is 5. The number of ether oxygens (including phenoxy) is 1. The molecular formula is C19H14FN5O. The zero-order chi connectivity index (χ0) is 17.9. The van der Waals surface area contributed by atoms with Crippen LogP contribution in [0.3, 0.4) is 0 Å². The molecule has 0 radical (unpaired) electrons. The monoisotopic (exact) mass is 347 g/mol. The van der Waals surface area contributed by atoms with Crippen LogP contribution in [0.25, 0.3) is 28.3 Å². The minimum absolute atomic E-state index is 0.376. The minimum Gasteiger partial charge on any atom is -0.497 e. The van der Waals surface area contributed by atoms with Crippen molar-refractivity contribution in [2.75, 3.05) is 7.11 Å². The van der Waals surface area contributed by atoms with Gasteiger partial charge < -0.3 is 4.74 Å². The summed E-state index contributed by atoms with van der Waals surface area (Å²) in [7, 11) is 1.60. The van der Waals surface area contributed by atoms with E-state index in [0.717, 1.165) is 11.3 Å². The lowest BCUT2D eigenvalue weighted by Gasteiger charge is -2.06. The number of nitrogens with zero attached hydrogens (tertiary/aromatic N) is 5. The van der Waals surface area contributed by atoms with E-state index in [9.17, 15) is 4.39 Å². The summed E-state index contributed by atoms with van der Waals surface area (Å²) in [5.74, 6) is 0.731. The molecule has 0 unspecified atom stereocenters. The summed E-state index contributed by atoms with van der Waals surface area (Å²) >= 11 is 0. The number of tetrazole rings is 1. The highest BCUT2D eigenvalue weighted by Gasteiger charge is 2.11. The average molecular weight is 347 g/mol. The fourth-order valence-corrected chi connectivity index (χ4v) is 2.56. The molecule has 4 aromatic rings. The van der Waals surface area contributed by atoms with E-state index in [-0.39, 0.29) is 5.82 Å². The minimum atomic E-state index is -0.384. The van der Waals surface area contributed by atoms with Crippen molar-refractivity contribution in [3.63, 3.8) is 0 Å². The Labute approximate surface area is 148 Å². The number of pyridine rings is 1. The van der Waals surface area contributed by atoms with Crippen molar-refractivity contribution in [1.29, 1.82) is 0 Å². The quantitative estimate of drug-likeness (QED) is 0.565. The number of halogens is 1. The molecule has 128 valence electrons. The van der Waals surface area contributed by atoms with Crippen LogP contribution in [0.15, 0.2) is 66.9 Å². The molecule has 0 aliphatic rings. The third kappa shape index (κ3) is 3.14. The van der Waals surface area contributed by atoms with Crippen LogP contribution in [-0.2, 0) is 0 Å². The zero-order valence-electron chi connectivity index (χ0n) is 13.9. The highest BCUT2D eigenvalue weighted by Crippen LogP contribution is 2.25. The number of rotatable bonds is 4. The van der Waals surface area contributed by atoms with Crippen molar-refractivity contribution in [2.45, 2.75) is 0 Å². The molecule has 26 heavy (non-hydrogen) atoms. The van der Waals surface area contributed by atoms with Crippen LogP contribution in [0.4, 0.5) is 4.39 Å². The molecule has 0 saturated carbocycles. The molecule has 0 N–H and O–H groups in total. The molecule has 0 fully saturated rings. The number of aromatic nitrogens is 5. The topological polar surface area (TPSA) is 65.7 Å². The van der Waals surface area contributed by atoms with Crippen molar-refractivity contribution < 1.29 is 9.13 Å². The Bertz CT molecular complexity index is 1030. The van der Waals surface area contributed by atoms with Crippen LogP contribution in [0.1, 0.15) is 0 Å². The zero-order valence-corrected chi connectivity index (χ0v) is 13.9. The maximum Gasteiger partial charge on any atom is 0.223 e. The van der Waals surface area contributed by atoms with Crippen molar-refractivity contribution in [2.24, 2.45) is 0 Å². The van der Waals surface area contributed by atoms with Gasteiger partial charge in [-0.25, -0.2) is 4.39 Å². The van der Waals surface area contributed by atoms with Gasteiger partial charge in [0.2, 0.25) is 5.82 Å². The lowest BCUT2D eigenvalue weighted by atomic mass is 10.0. The van der Waals surface area contributed by atoms with Gasteiger partial charge in [0.25, 0.3) is 0 Å². The van der Waals surface area contributed by atoms with Gasteiger partial charge in [-0.1, -0.05) is 18.2 Å². The average Bonchev–Trinajstić information content (AvgIpc) is 3.19. The van der Waals surface area contributed by atoms with Crippen LogP contribution in [0.5, 0.6) is 5.75 Å². The molecule has 0 aliphatic heterocycles. The Balaban J connectivity index is 1.71. The van der Waals surface area contributed by atoms with Gasteiger partial charge in [-0.05, 0) is 52.7 Å². The molecule has 2 aromatic heterocycles. The van der Waals surface area contributed by atoms with Gasteiger partial charge in [0, 0.05) is 12.3 Å². The Morgan fingerprint density at radius 2 is 1.81 bits per heavy atom. The molecule has 2 heterocycles. The van der Waals surface area contributed by atoms with E-state index < -0.39 is 0 Å². The third-order valence-corrected chi connectivity index (χ3v) is 3.84. The molecule has 0 amide bonds. The van der Waals surface area contributed by atoms with Crippen molar-refractivity contribution in [3.05, 3.63) is 72.7 Å². The van der Waals surface area contributed by atoms with Crippen molar-refractivity contribution in [1.82, 2.24) is 25.2 Å². The summed E-state index contributed by atoms with van der Waals surface area (Å²) in [6.07, 6.45) is 1.65. The van der Waals surface area contributed by atoms with E-state index in [1.807, 2.05) is 36.4 Å². The summed E-state index contributed by atoms with van der Waals surface area (Å²) < 4.78 is 19.3. The Morgan fingerprint density at radius 1 is 0.962 bits per heavy atom. The van der Waals surface area contributed by atoms with Gasteiger partial charge in [0.1, 0.15) is 17.3 Å². The fraction of sp³-hybridized carbons (Fsp3) is 0.0526. The largest absolute Gasteiger partial charge is 0.497 e. The van der Waals surface area contributed by atoms with Crippen LogP contribution < -0.4 is 4.74 Å².